The molecule has 0 radical (unpaired) electrons. The van der Waals surface area contributed by atoms with Gasteiger partial charge in [0.05, 0.1) is 18.7 Å². The van der Waals surface area contributed by atoms with E-state index < -0.39 is 5.92 Å². The summed E-state index contributed by atoms with van der Waals surface area (Å²) in [5.41, 5.74) is 2.54. The topological polar surface area (TPSA) is 58.6 Å². The van der Waals surface area contributed by atoms with Gasteiger partial charge in [0.25, 0.3) is 0 Å². The number of methoxy groups -OCH3 is 1. The summed E-state index contributed by atoms with van der Waals surface area (Å²) < 4.78 is 5.25. The number of hydrogen-bond donors (Lipinski definition) is 1. The van der Waals surface area contributed by atoms with Crippen molar-refractivity contribution in [2.24, 2.45) is 5.92 Å². The first kappa shape index (κ1) is 18.3. The number of aryl methyl sites for hydroxylation is 1. The number of rotatable bonds is 5. The van der Waals surface area contributed by atoms with Crippen LogP contribution in [0, 0.1) is 5.92 Å². The number of anilines is 2. The molecule has 1 aliphatic heterocycles. The first-order valence-corrected chi connectivity index (χ1v) is 8.93. The Bertz CT molecular complexity index is 820. The summed E-state index contributed by atoms with van der Waals surface area (Å²) in [5.74, 6) is -0.157. The molecular weight excluding hydrogens is 352 g/mol. The minimum atomic E-state index is -0.419. The van der Waals surface area contributed by atoms with Crippen LogP contribution in [0.2, 0.25) is 5.02 Å². The van der Waals surface area contributed by atoms with Crippen molar-refractivity contribution in [3.8, 4) is 5.75 Å². The van der Waals surface area contributed by atoms with Crippen molar-refractivity contribution in [3.63, 3.8) is 0 Å². The third kappa shape index (κ3) is 3.83. The lowest BCUT2D eigenvalue weighted by Crippen LogP contribution is -2.28. The quantitative estimate of drug-likeness (QED) is 0.865. The van der Waals surface area contributed by atoms with Gasteiger partial charge in [-0.3, -0.25) is 9.59 Å². The molecule has 1 aliphatic rings. The number of carbonyl (C=O) groups is 2. The summed E-state index contributed by atoms with van der Waals surface area (Å²) in [5, 5.41) is 3.33. The molecule has 0 aliphatic carbocycles. The molecule has 1 saturated heterocycles. The number of nitrogens with one attached hydrogen (secondary N) is 1. The molecule has 0 spiro atoms. The van der Waals surface area contributed by atoms with Gasteiger partial charge in [0.15, 0.2) is 0 Å². The molecule has 6 heteroatoms. The van der Waals surface area contributed by atoms with Gasteiger partial charge in [-0.05, 0) is 42.3 Å². The summed E-state index contributed by atoms with van der Waals surface area (Å²) in [7, 11) is 1.53. The standard InChI is InChI=1S/C20H21ClN2O3/c1-3-13-4-7-16(8-5-13)23-12-14(10-19(23)24)20(25)22-17-11-15(21)6-9-18(17)26-2/h4-9,11,14H,3,10,12H2,1-2H3,(H,22,25). The molecule has 26 heavy (non-hydrogen) atoms. The van der Waals surface area contributed by atoms with Gasteiger partial charge in [-0.2, -0.15) is 0 Å². The smallest absolute Gasteiger partial charge is 0.229 e. The van der Waals surface area contributed by atoms with Crippen LogP contribution in [-0.2, 0) is 16.0 Å². The second-order valence-corrected chi connectivity index (χ2v) is 6.70. The molecule has 136 valence electrons. The van der Waals surface area contributed by atoms with E-state index in [2.05, 4.69) is 12.2 Å². The van der Waals surface area contributed by atoms with Crippen molar-refractivity contribution >= 4 is 34.8 Å². The highest BCUT2D eigenvalue weighted by Crippen LogP contribution is 2.30. The average molecular weight is 373 g/mol. The summed E-state index contributed by atoms with van der Waals surface area (Å²) in [6.45, 7) is 2.44. The van der Waals surface area contributed by atoms with Crippen molar-refractivity contribution in [1.29, 1.82) is 0 Å². The molecule has 1 N–H and O–H groups in total. The number of halogens is 1. The lowest BCUT2D eigenvalue weighted by molar-refractivity contribution is -0.122. The Balaban J connectivity index is 1.71. The van der Waals surface area contributed by atoms with Crippen LogP contribution in [0.4, 0.5) is 11.4 Å². The molecule has 1 heterocycles. The number of hydrogen-bond acceptors (Lipinski definition) is 3. The Morgan fingerprint density at radius 1 is 1.27 bits per heavy atom. The second kappa shape index (κ2) is 7.79. The molecule has 0 bridgehead atoms. The molecule has 0 aromatic heterocycles. The number of ether oxygens (including phenoxy) is 1. The maximum Gasteiger partial charge on any atom is 0.229 e. The predicted octanol–water partition coefficient (Wildman–Crippen LogP) is 3.90. The van der Waals surface area contributed by atoms with Gasteiger partial charge in [0.2, 0.25) is 11.8 Å². The Morgan fingerprint density at radius 3 is 2.65 bits per heavy atom. The van der Waals surface area contributed by atoms with Gasteiger partial charge in [0.1, 0.15) is 5.75 Å². The maximum atomic E-state index is 12.6. The molecule has 2 amide bonds. The van der Waals surface area contributed by atoms with Crippen LogP contribution in [-0.4, -0.2) is 25.5 Å². The van der Waals surface area contributed by atoms with E-state index in [1.54, 1.807) is 23.1 Å². The minimum absolute atomic E-state index is 0.0487. The highest BCUT2D eigenvalue weighted by molar-refractivity contribution is 6.31. The van der Waals surface area contributed by atoms with Gasteiger partial charge in [0, 0.05) is 23.7 Å². The number of benzene rings is 2. The summed E-state index contributed by atoms with van der Waals surface area (Å²) in [4.78, 5) is 26.7. The van der Waals surface area contributed by atoms with Crippen molar-refractivity contribution in [3.05, 3.63) is 53.1 Å². The minimum Gasteiger partial charge on any atom is -0.495 e. The second-order valence-electron chi connectivity index (χ2n) is 6.26. The Hall–Kier alpha value is -2.53. The zero-order valence-corrected chi connectivity index (χ0v) is 15.5. The Kier molecular flexibility index (Phi) is 5.47. The van der Waals surface area contributed by atoms with E-state index in [-0.39, 0.29) is 18.2 Å². The zero-order chi connectivity index (χ0) is 18.7. The fraction of sp³-hybridized carbons (Fsp3) is 0.300. The van der Waals surface area contributed by atoms with Crippen LogP contribution in [0.15, 0.2) is 42.5 Å². The van der Waals surface area contributed by atoms with E-state index >= 15 is 0 Å². The fourth-order valence-electron chi connectivity index (χ4n) is 3.06. The molecule has 1 atom stereocenters. The number of carbonyl (C=O) groups excluding carboxylic acids is 2. The van der Waals surface area contributed by atoms with Gasteiger partial charge in [-0.25, -0.2) is 0 Å². The third-order valence-electron chi connectivity index (χ3n) is 4.57. The maximum absolute atomic E-state index is 12.6. The summed E-state index contributed by atoms with van der Waals surface area (Å²) >= 11 is 6.00. The molecule has 2 aromatic carbocycles. The SMILES string of the molecule is CCc1ccc(N2CC(C(=O)Nc3cc(Cl)ccc3OC)CC2=O)cc1. The molecule has 1 unspecified atom stereocenters. The van der Waals surface area contributed by atoms with E-state index in [1.807, 2.05) is 24.3 Å². The Labute approximate surface area is 157 Å². The zero-order valence-electron chi connectivity index (χ0n) is 14.8. The molecular formula is C20H21ClN2O3. The monoisotopic (exact) mass is 372 g/mol. The van der Waals surface area contributed by atoms with Crippen LogP contribution in [0.5, 0.6) is 5.75 Å². The fourth-order valence-corrected chi connectivity index (χ4v) is 3.23. The van der Waals surface area contributed by atoms with Gasteiger partial charge in [-0.1, -0.05) is 30.7 Å². The van der Waals surface area contributed by atoms with Crippen LogP contribution < -0.4 is 15.0 Å². The van der Waals surface area contributed by atoms with Crippen LogP contribution in [0.25, 0.3) is 0 Å². The molecule has 1 fully saturated rings. The van der Waals surface area contributed by atoms with Gasteiger partial charge in [-0.15, -0.1) is 0 Å². The summed E-state index contributed by atoms with van der Waals surface area (Å²) in [6, 6.07) is 12.9. The van der Waals surface area contributed by atoms with Crippen LogP contribution in [0.3, 0.4) is 0 Å². The highest BCUT2D eigenvalue weighted by atomic mass is 35.5. The van der Waals surface area contributed by atoms with E-state index in [0.29, 0.717) is 23.0 Å². The highest BCUT2D eigenvalue weighted by Gasteiger charge is 2.35. The van der Waals surface area contributed by atoms with Crippen molar-refractivity contribution < 1.29 is 14.3 Å². The Morgan fingerprint density at radius 2 is 2.00 bits per heavy atom. The third-order valence-corrected chi connectivity index (χ3v) is 4.81. The predicted molar refractivity (Wildman–Crippen MR) is 103 cm³/mol. The van der Waals surface area contributed by atoms with Gasteiger partial charge < -0.3 is 15.0 Å². The summed E-state index contributed by atoms with van der Waals surface area (Å²) in [6.07, 6.45) is 1.13. The normalized spacial score (nSPS) is 16.7. The lowest BCUT2D eigenvalue weighted by atomic mass is 10.1. The first-order chi connectivity index (χ1) is 12.5. The van der Waals surface area contributed by atoms with Crippen molar-refractivity contribution in [2.75, 3.05) is 23.9 Å². The molecule has 2 aromatic rings. The lowest BCUT2D eigenvalue weighted by Gasteiger charge is -2.17. The number of amides is 2. The van der Waals surface area contributed by atoms with Gasteiger partial charge >= 0.3 is 0 Å². The van der Waals surface area contributed by atoms with E-state index in [0.717, 1.165) is 12.1 Å². The van der Waals surface area contributed by atoms with Crippen LogP contribution in [0.1, 0.15) is 18.9 Å². The largest absolute Gasteiger partial charge is 0.495 e. The molecule has 5 nitrogen and oxygen atoms in total. The van der Waals surface area contributed by atoms with E-state index in [9.17, 15) is 9.59 Å². The molecule has 0 saturated carbocycles. The van der Waals surface area contributed by atoms with Crippen LogP contribution >= 0.6 is 11.6 Å². The van der Waals surface area contributed by atoms with E-state index in [1.165, 1.54) is 12.7 Å². The van der Waals surface area contributed by atoms with Crippen molar-refractivity contribution in [2.45, 2.75) is 19.8 Å². The van der Waals surface area contributed by atoms with E-state index in [4.69, 9.17) is 16.3 Å². The number of nitrogens with zero attached hydrogens (tertiary/aromatic N) is 1. The van der Waals surface area contributed by atoms with Crippen molar-refractivity contribution in [1.82, 2.24) is 0 Å². The molecule has 3 rings (SSSR count). The average Bonchev–Trinajstić information content (AvgIpc) is 3.04. The first-order valence-electron chi connectivity index (χ1n) is 8.55.